The van der Waals surface area contributed by atoms with Crippen LogP contribution in [-0.2, 0) is 0 Å². The lowest BCUT2D eigenvalue weighted by molar-refractivity contribution is 0.743. The van der Waals surface area contributed by atoms with Crippen molar-refractivity contribution in [2.75, 3.05) is 10.6 Å². The average Bonchev–Trinajstić information content (AvgIpc) is 3.00. The predicted octanol–water partition coefficient (Wildman–Crippen LogP) is 5.01. The quantitative estimate of drug-likeness (QED) is 0.815. The van der Waals surface area contributed by atoms with Gasteiger partial charge >= 0.3 is 0 Å². The van der Waals surface area contributed by atoms with Gasteiger partial charge in [-0.2, -0.15) is 4.98 Å². The fourth-order valence-corrected chi connectivity index (χ4v) is 3.05. The Balaban J connectivity index is 1.72. The third-order valence-electron chi connectivity index (χ3n) is 4.39. The van der Waals surface area contributed by atoms with Crippen LogP contribution in [0.1, 0.15) is 56.7 Å². The molecule has 2 N–H and O–H groups in total. The number of aryl methyl sites for hydroxylation is 1. The highest BCUT2D eigenvalue weighted by molar-refractivity contribution is 5.58. The zero-order valence-corrected chi connectivity index (χ0v) is 14.3. The van der Waals surface area contributed by atoms with E-state index in [9.17, 15) is 0 Å². The average molecular weight is 310 g/mol. The molecule has 1 aliphatic rings. The first-order chi connectivity index (χ1) is 11.1. The summed E-state index contributed by atoms with van der Waals surface area (Å²) < 4.78 is 0. The summed E-state index contributed by atoms with van der Waals surface area (Å²) in [7, 11) is 0. The summed E-state index contributed by atoms with van der Waals surface area (Å²) in [6.07, 6.45) is 5.04. The van der Waals surface area contributed by atoms with Gasteiger partial charge in [0, 0.05) is 23.5 Å². The number of hydrogen-bond donors (Lipinski definition) is 2. The van der Waals surface area contributed by atoms with Crippen LogP contribution in [0.3, 0.4) is 0 Å². The maximum absolute atomic E-state index is 4.62. The second-order valence-corrected chi connectivity index (χ2v) is 6.75. The Morgan fingerprint density at radius 3 is 2.39 bits per heavy atom. The van der Waals surface area contributed by atoms with Crippen molar-refractivity contribution in [1.29, 1.82) is 0 Å². The van der Waals surface area contributed by atoms with Gasteiger partial charge in [0.25, 0.3) is 0 Å². The van der Waals surface area contributed by atoms with E-state index in [0.717, 1.165) is 23.1 Å². The Kier molecular flexibility index (Phi) is 4.79. The summed E-state index contributed by atoms with van der Waals surface area (Å²) in [5.41, 5.74) is 3.37. The first-order valence-electron chi connectivity index (χ1n) is 8.59. The minimum atomic E-state index is 0.523. The highest BCUT2D eigenvalue weighted by atomic mass is 15.2. The molecule has 1 aromatic heterocycles. The lowest BCUT2D eigenvalue weighted by Crippen LogP contribution is -2.17. The molecule has 3 rings (SSSR count). The maximum atomic E-state index is 4.62. The van der Waals surface area contributed by atoms with Crippen LogP contribution in [0.5, 0.6) is 0 Å². The molecular weight excluding hydrogens is 284 g/mol. The minimum absolute atomic E-state index is 0.523. The molecule has 2 aromatic rings. The van der Waals surface area contributed by atoms with Crippen molar-refractivity contribution in [2.45, 2.75) is 58.4 Å². The third kappa shape index (κ3) is 4.21. The number of rotatable bonds is 5. The van der Waals surface area contributed by atoms with Crippen LogP contribution >= 0.6 is 0 Å². The second kappa shape index (κ2) is 6.99. The monoisotopic (exact) mass is 310 g/mol. The molecule has 122 valence electrons. The number of anilines is 3. The van der Waals surface area contributed by atoms with Crippen molar-refractivity contribution in [3.05, 3.63) is 41.6 Å². The van der Waals surface area contributed by atoms with Crippen molar-refractivity contribution >= 4 is 17.5 Å². The fourth-order valence-electron chi connectivity index (χ4n) is 3.05. The van der Waals surface area contributed by atoms with Crippen LogP contribution in [0.4, 0.5) is 17.5 Å². The number of nitrogens with zero attached hydrogens (tertiary/aromatic N) is 2. The number of hydrogen-bond acceptors (Lipinski definition) is 4. The van der Waals surface area contributed by atoms with Crippen molar-refractivity contribution in [2.24, 2.45) is 0 Å². The molecule has 0 unspecified atom stereocenters. The normalized spacial score (nSPS) is 15.1. The van der Waals surface area contributed by atoms with Gasteiger partial charge < -0.3 is 10.6 Å². The maximum Gasteiger partial charge on any atom is 0.225 e. The summed E-state index contributed by atoms with van der Waals surface area (Å²) in [5.74, 6) is 2.13. The molecule has 1 saturated carbocycles. The molecule has 0 atom stereocenters. The van der Waals surface area contributed by atoms with E-state index in [1.165, 1.54) is 31.2 Å². The first kappa shape index (κ1) is 15.8. The van der Waals surface area contributed by atoms with Crippen LogP contribution < -0.4 is 10.6 Å². The SMILES string of the molecule is Cc1cc(Nc2ccc(C(C)C)cc2)nc(NC2CCCC2)n1. The van der Waals surface area contributed by atoms with Crippen molar-refractivity contribution in [1.82, 2.24) is 9.97 Å². The molecule has 23 heavy (non-hydrogen) atoms. The lowest BCUT2D eigenvalue weighted by Gasteiger charge is -2.14. The molecule has 4 nitrogen and oxygen atoms in total. The van der Waals surface area contributed by atoms with E-state index in [1.807, 2.05) is 13.0 Å². The molecule has 0 aliphatic heterocycles. The van der Waals surface area contributed by atoms with Gasteiger partial charge in [0.05, 0.1) is 0 Å². The zero-order chi connectivity index (χ0) is 16.2. The molecular formula is C19H26N4. The largest absolute Gasteiger partial charge is 0.351 e. The first-order valence-corrected chi connectivity index (χ1v) is 8.59. The molecule has 0 spiro atoms. The number of benzene rings is 1. The molecule has 4 heteroatoms. The van der Waals surface area contributed by atoms with Crippen LogP contribution in [0.25, 0.3) is 0 Å². The van der Waals surface area contributed by atoms with Crippen LogP contribution in [0.15, 0.2) is 30.3 Å². The van der Waals surface area contributed by atoms with Gasteiger partial charge in [-0.15, -0.1) is 0 Å². The highest BCUT2D eigenvalue weighted by Crippen LogP contribution is 2.23. The lowest BCUT2D eigenvalue weighted by atomic mass is 10.0. The smallest absolute Gasteiger partial charge is 0.225 e. The Hall–Kier alpha value is -2.10. The van der Waals surface area contributed by atoms with Crippen molar-refractivity contribution in [3.8, 4) is 0 Å². The summed E-state index contributed by atoms with van der Waals surface area (Å²) in [6.45, 7) is 6.42. The minimum Gasteiger partial charge on any atom is -0.351 e. The third-order valence-corrected chi connectivity index (χ3v) is 4.39. The van der Waals surface area contributed by atoms with Crippen LogP contribution in [0, 0.1) is 6.92 Å². The molecule has 0 saturated heterocycles. The molecule has 0 bridgehead atoms. The number of aromatic nitrogens is 2. The molecule has 0 radical (unpaired) electrons. The fraction of sp³-hybridized carbons (Fsp3) is 0.474. The van der Waals surface area contributed by atoms with Gasteiger partial charge in [-0.1, -0.05) is 38.8 Å². The van der Waals surface area contributed by atoms with Gasteiger partial charge in [0.2, 0.25) is 5.95 Å². The Labute approximate surface area is 138 Å². The molecule has 0 amide bonds. The van der Waals surface area contributed by atoms with E-state index in [-0.39, 0.29) is 0 Å². The summed E-state index contributed by atoms with van der Waals surface area (Å²) in [4.78, 5) is 9.13. The van der Waals surface area contributed by atoms with E-state index < -0.39 is 0 Å². The Bertz CT molecular complexity index is 643. The molecule has 1 heterocycles. The van der Waals surface area contributed by atoms with Crippen molar-refractivity contribution in [3.63, 3.8) is 0 Å². The van der Waals surface area contributed by atoms with E-state index in [2.05, 4.69) is 58.7 Å². The van der Waals surface area contributed by atoms with Gasteiger partial charge in [0.15, 0.2) is 0 Å². The van der Waals surface area contributed by atoms with Crippen LogP contribution in [-0.4, -0.2) is 16.0 Å². The van der Waals surface area contributed by atoms with E-state index in [4.69, 9.17) is 0 Å². The Morgan fingerprint density at radius 2 is 1.74 bits per heavy atom. The topological polar surface area (TPSA) is 49.8 Å². The molecule has 1 aliphatic carbocycles. The predicted molar refractivity (Wildman–Crippen MR) is 96.5 cm³/mol. The van der Waals surface area contributed by atoms with Gasteiger partial charge in [0.1, 0.15) is 5.82 Å². The second-order valence-electron chi connectivity index (χ2n) is 6.75. The standard InChI is InChI=1S/C19H26N4/c1-13(2)15-8-10-17(11-9-15)21-18-12-14(3)20-19(23-18)22-16-6-4-5-7-16/h8-13,16H,4-7H2,1-3H3,(H2,20,21,22,23). The molecule has 1 aromatic carbocycles. The molecule has 1 fully saturated rings. The van der Waals surface area contributed by atoms with Gasteiger partial charge in [-0.3, -0.25) is 0 Å². The Morgan fingerprint density at radius 1 is 1.04 bits per heavy atom. The van der Waals surface area contributed by atoms with Gasteiger partial charge in [-0.05, 0) is 43.4 Å². The number of nitrogens with one attached hydrogen (secondary N) is 2. The van der Waals surface area contributed by atoms with E-state index in [1.54, 1.807) is 0 Å². The van der Waals surface area contributed by atoms with E-state index in [0.29, 0.717) is 12.0 Å². The van der Waals surface area contributed by atoms with Crippen LogP contribution in [0.2, 0.25) is 0 Å². The van der Waals surface area contributed by atoms with E-state index >= 15 is 0 Å². The van der Waals surface area contributed by atoms with Crippen molar-refractivity contribution < 1.29 is 0 Å². The summed E-state index contributed by atoms with van der Waals surface area (Å²) >= 11 is 0. The zero-order valence-electron chi connectivity index (χ0n) is 14.3. The van der Waals surface area contributed by atoms with Gasteiger partial charge in [-0.25, -0.2) is 4.98 Å². The summed E-state index contributed by atoms with van der Waals surface area (Å²) in [5, 5.41) is 6.85. The highest BCUT2D eigenvalue weighted by Gasteiger charge is 2.16. The summed E-state index contributed by atoms with van der Waals surface area (Å²) in [6, 6.07) is 11.1.